The molecule has 2 aromatic rings. The third kappa shape index (κ3) is 3.41. The molecule has 0 saturated heterocycles. The van der Waals surface area contributed by atoms with Crippen LogP contribution in [0.2, 0.25) is 0 Å². The quantitative estimate of drug-likeness (QED) is 0.754. The molecule has 1 aliphatic rings. The molecule has 1 heterocycles. The second kappa shape index (κ2) is 7.52. The highest BCUT2D eigenvalue weighted by molar-refractivity contribution is 7.67. The first-order valence-electron chi connectivity index (χ1n) is 8.37. The minimum absolute atomic E-state index is 0.0499. The van der Waals surface area contributed by atoms with Crippen molar-refractivity contribution in [2.24, 2.45) is 5.92 Å². The second-order valence-corrected chi connectivity index (χ2v) is 8.58. The number of aliphatic hydroxyl groups excluding tert-OH is 2. The number of fused-ring (bicyclic) bond motifs is 3. The van der Waals surface area contributed by atoms with E-state index in [4.69, 9.17) is 9.63 Å². The van der Waals surface area contributed by atoms with E-state index in [1.54, 1.807) is 0 Å². The summed E-state index contributed by atoms with van der Waals surface area (Å²) in [6.45, 7) is 0.154. The summed E-state index contributed by atoms with van der Waals surface area (Å²) >= 11 is 0. The van der Waals surface area contributed by atoms with Gasteiger partial charge in [-0.3, -0.25) is 4.57 Å². The minimum atomic E-state index is -3.05. The van der Waals surface area contributed by atoms with E-state index in [2.05, 4.69) is 0 Å². The predicted octanol–water partition coefficient (Wildman–Crippen LogP) is 3.42. The molecule has 0 bridgehead atoms. The van der Waals surface area contributed by atoms with Gasteiger partial charge in [-0.05, 0) is 42.9 Å². The predicted molar refractivity (Wildman–Crippen MR) is 96.1 cm³/mol. The number of hydrogen-bond donors (Lipinski definition) is 2. The molecule has 2 atom stereocenters. The molecule has 5 heteroatoms. The van der Waals surface area contributed by atoms with E-state index in [9.17, 15) is 9.67 Å². The summed E-state index contributed by atoms with van der Waals surface area (Å²) in [5, 5.41) is 19.1. The molecule has 0 spiro atoms. The summed E-state index contributed by atoms with van der Waals surface area (Å²) < 4.78 is 19.7. The SMILES string of the molecule is O=P1(CC(CCO)CCCO)Oc2ccccc2-c2ccccc21. The van der Waals surface area contributed by atoms with E-state index in [0.717, 1.165) is 22.9 Å². The van der Waals surface area contributed by atoms with Gasteiger partial charge in [-0.2, -0.15) is 0 Å². The maximum absolute atomic E-state index is 13.7. The summed E-state index contributed by atoms with van der Waals surface area (Å²) in [7, 11) is -3.05. The lowest BCUT2D eigenvalue weighted by atomic mass is 10.0. The fraction of sp³-hybridized carbons (Fsp3) is 0.368. The standard InChI is InChI=1S/C19H23O4P/c20-12-5-6-15(11-13-21)14-24(22)19-10-4-2-8-17(19)16-7-1-3-9-18(16)23-24/h1-4,7-10,15,20-21H,5-6,11-14H2. The Labute approximate surface area is 142 Å². The van der Waals surface area contributed by atoms with E-state index in [1.807, 2.05) is 48.5 Å². The molecule has 2 aromatic carbocycles. The highest BCUT2D eigenvalue weighted by atomic mass is 31.2. The van der Waals surface area contributed by atoms with Gasteiger partial charge in [-0.15, -0.1) is 0 Å². The number of hydrogen-bond acceptors (Lipinski definition) is 4. The zero-order chi connectivity index (χ0) is 17.0. The Hall–Kier alpha value is -1.61. The van der Waals surface area contributed by atoms with Crippen LogP contribution in [-0.2, 0) is 4.57 Å². The highest BCUT2D eigenvalue weighted by Crippen LogP contribution is 2.55. The van der Waals surface area contributed by atoms with Crippen molar-refractivity contribution in [3.63, 3.8) is 0 Å². The third-order valence-corrected chi connectivity index (χ3v) is 7.11. The molecular formula is C19H23O4P. The summed E-state index contributed by atoms with van der Waals surface area (Å²) in [6, 6.07) is 15.4. The molecule has 2 unspecified atom stereocenters. The lowest BCUT2D eigenvalue weighted by molar-refractivity contribution is 0.239. The Morgan fingerprint density at radius 3 is 2.38 bits per heavy atom. The summed E-state index contributed by atoms with van der Waals surface area (Å²) in [5.41, 5.74) is 1.93. The molecule has 128 valence electrons. The third-order valence-electron chi connectivity index (χ3n) is 4.50. The molecule has 1 aliphatic heterocycles. The monoisotopic (exact) mass is 346 g/mol. The normalized spacial score (nSPS) is 19.9. The van der Waals surface area contributed by atoms with E-state index in [-0.39, 0.29) is 19.1 Å². The molecule has 0 saturated carbocycles. The molecule has 4 nitrogen and oxygen atoms in total. The second-order valence-electron chi connectivity index (χ2n) is 6.20. The van der Waals surface area contributed by atoms with Crippen LogP contribution in [-0.4, -0.2) is 29.6 Å². The minimum Gasteiger partial charge on any atom is -0.439 e. The van der Waals surface area contributed by atoms with Crippen molar-refractivity contribution >= 4 is 12.7 Å². The lowest BCUT2D eigenvalue weighted by Gasteiger charge is -2.31. The van der Waals surface area contributed by atoms with Crippen molar-refractivity contribution in [1.29, 1.82) is 0 Å². The van der Waals surface area contributed by atoms with Crippen molar-refractivity contribution < 1.29 is 19.3 Å². The van der Waals surface area contributed by atoms with Gasteiger partial charge in [0, 0.05) is 24.9 Å². The molecule has 0 aromatic heterocycles. The topological polar surface area (TPSA) is 66.8 Å². The number of para-hydroxylation sites is 1. The number of rotatable bonds is 7. The van der Waals surface area contributed by atoms with Crippen molar-refractivity contribution in [3.8, 4) is 16.9 Å². The van der Waals surface area contributed by atoms with Crippen LogP contribution in [0.4, 0.5) is 0 Å². The van der Waals surface area contributed by atoms with Crippen LogP contribution in [0.15, 0.2) is 48.5 Å². The Balaban J connectivity index is 1.97. The average molecular weight is 346 g/mol. The summed E-state index contributed by atoms with van der Waals surface area (Å²) in [6.07, 6.45) is 2.33. The van der Waals surface area contributed by atoms with E-state index in [1.165, 1.54) is 0 Å². The maximum atomic E-state index is 13.7. The Morgan fingerprint density at radius 2 is 1.62 bits per heavy atom. The first-order chi connectivity index (χ1) is 11.7. The fourth-order valence-electron chi connectivity index (χ4n) is 3.34. The Kier molecular flexibility index (Phi) is 5.40. The molecule has 0 amide bonds. The van der Waals surface area contributed by atoms with Crippen LogP contribution in [0.5, 0.6) is 5.75 Å². The zero-order valence-electron chi connectivity index (χ0n) is 13.6. The van der Waals surface area contributed by atoms with Gasteiger partial charge in [-0.1, -0.05) is 36.4 Å². The highest BCUT2D eigenvalue weighted by Gasteiger charge is 2.37. The first-order valence-corrected chi connectivity index (χ1v) is 10.2. The van der Waals surface area contributed by atoms with Crippen LogP contribution < -0.4 is 9.83 Å². The fourth-order valence-corrected chi connectivity index (χ4v) is 6.11. The van der Waals surface area contributed by atoms with Crippen molar-refractivity contribution in [3.05, 3.63) is 48.5 Å². The van der Waals surface area contributed by atoms with Gasteiger partial charge < -0.3 is 14.7 Å². The molecule has 24 heavy (non-hydrogen) atoms. The van der Waals surface area contributed by atoms with Gasteiger partial charge in [-0.25, -0.2) is 0 Å². The summed E-state index contributed by atoms with van der Waals surface area (Å²) in [4.78, 5) is 0. The molecule has 3 rings (SSSR count). The number of benzene rings is 2. The van der Waals surface area contributed by atoms with Gasteiger partial charge in [0.1, 0.15) is 5.75 Å². The number of aliphatic hydroxyl groups is 2. The molecule has 2 N–H and O–H groups in total. The van der Waals surface area contributed by atoms with Crippen LogP contribution in [0.3, 0.4) is 0 Å². The molecule has 0 fully saturated rings. The van der Waals surface area contributed by atoms with Crippen molar-refractivity contribution in [2.45, 2.75) is 19.3 Å². The molecule has 0 aliphatic carbocycles. The van der Waals surface area contributed by atoms with Crippen molar-refractivity contribution in [2.75, 3.05) is 19.4 Å². The van der Waals surface area contributed by atoms with Crippen LogP contribution >= 0.6 is 7.37 Å². The Morgan fingerprint density at radius 1 is 0.917 bits per heavy atom. The van der Waals surface area contributed by atoms with Gasteiger partial charge in [0.05, 0.1) is 5.30 Å². The zero-order valence-corrected chi connectivity index (χ0v) is 14.5. The van der Waals surface area contributed by atoms with Crippen LogP contribution in [0, 0.1) is 5.92 Å². The van der Waals surface area contributed by atoms with E-state index >= 15 is 0 Å². The van der Waals surface area contributed by atoms with Crippen molar-refractivity contribution in [1.82, 2.24) is 0 Å². The smallest absolute Gasteiger partial charge is 0.278 e. The van der Waals surface area contributed by atoms with E-state index < -0.39 is 7.37 Å². The van der Waals surface area contributed by atoms with Gasteiger partial charge in [0.25, 0.3) is 7.37 Å². The lowest BCUT2D eigenvalue weighted by Crippen LogP contribution is -2.23. The van der Waals surface area contributed by atoms with Gasteiger partial charge in [0.15, 0.2) is 0 Å². The van der Waals surface area contributed by atoms with Crippen LogP contribution in [0.1, 0.15) is 19.3 Å². The maximum Gasteiger partial charge on any atom is 0.278 e. The van der Waals surface area contributed by atoms with Gasteiger partial charge in [0.2, 0.25) is 0 Å². The van der Waals surface area contributed by atoms with Gasteiger partial charge >= 0.3 is 0 Å². The van der Waals surface area contributed by atoms with Crippen LogP contribution in [0.25, 0.3) is 11.1 Å². The average Bonchev–Trinajstić information content (AvgIpc) is 2.60. The molecule has 0 radical (unpaired) electrons. The largest absolute Gasteiger partial charge is 0.439 e. The Bertz CT molecular complexity index is 744. The first kappa shape index (κ1) is 17.2. The van der Waals surface area contributed by atoms with E-state index in [0.29, 0.717) is 24.8 Å². The molecular weight excluding hydrogens is 323 g/mol. The summed E-state index contributed by atoms with van der Waals surface area (Å²) in [5.74, 6) is 0.718.